The van der Waals surface area contributed by atoms with E-state index >= 15 is 0 Å². The zero-order valence-corrected chi connectivity index (χ0v) is 15.1. The van der Waals surface area contributed by atoms with Gasteiger partial charge >= 0.3 is 0 Å². The van der Waals surface area contributed by atoms with Crippen LogP contribution < -0.4 is 0 Å². The Labute approximate surface area is 129 Å². The molecule has 4 heteroatoms. The van der Waals surface area contributed by atoms with Crippen molar-refractivity contribution in [1.29, 1.82) is 0 Å². The van der Waals surface area contributed by atoms with Crippen molar-refractivity contribution in [3.05, 3.63) is 12.2 Å². The van der Waals surface area contributed by atoms with Gasteiger partial charge in [-0.3, -0.25) is 0 Å². The molecule has 4 atom stereocenters. The Morgan fingerprint density at radius 1 is 1.33 bits per heavy atom. The molecule has 0 bridgehead atoms. The standard InChI is InChI=1S/C17H29NO2Si/c1-17(2,3)21(4,5)20-14-10-7-11-15-16-12(14)8-6-9-13(16)18-19-15/h7,11-12,14-16H,6,8-10H2,1-5H3/t12-,14?,15+,16+/m0/s1. The first-order valence-corrected chi connectivity index (χ1v) is 11.3. The van der Waals surface area contributed by atoms with Crippen LogP contribution in [-0.4, -0.2) is 26.2 Å². The minimum absolute atomic E-state index is 0.165. The first kappa shape index (κ1) is 15.3. The monoisotopic (exact) mass is 307 g/mol. The fraction of sp³-hybridized carbons (Fsp3) is 0.824. The normalized spacial score (nSPS) is 35.8. The zero-order chi connectivity index (χ0) is 15.3. The third-order valence-electron chi connectivity index (χ3n) is 5.89. The van der Waals surface area contributed by atoms with Gasteiger partial charge in [0.25, 0.3) is 0 Å². The Bertz CT molecular complexity index is 464. The Hall–Kier alpha value is -0.613. The maximum absolute atomic E-state index is 6.79. The molecule has 1 fully saturated rings. The first-order chi connectivity index (χ1) is 9.79. The van der Waals surface area contributed by atoms with Crippen LogP contribution in [0.25, 0.3) is 0 Å². The molecule has 3 nitrogen and oxygen atoms in total. The summed E-state index contributed by atoms with van der Waals surface area (Å²) in [7, 11) is -1.73. The van der Waals surface area contributed by atoms with Gasteiger partial charge in [-0.15, -0.1) is 0 Å². The van der Waals surface area contributed by atoms with Gasteiger partial charge in [-0.25, -0.2) is 0 Å². The molecule has 0 aromatic heterocycles. The molecule has 1 saturated carbocycles. The maximum atomic E-state index is 6.79. The summed E-state index contributed by atoms with van der Waals surface area (Å²) in [5.41, 5.74) is 1.28. The van der Waals surface area contributed by atoms with Crippen LogP contribution >= 0.6 is 0 Å². The van der Waals surface area contributed by atoms with Crippen molar-refractivity contribution in [1.82, 2.24) is 0 Å². The van der Waals surface area contributed by atoms with E-state index in [0.717, 1.165) is 12.8 Å². The molecular formula is C17H29NO2Si. The van der Waals surface area contributed by atoms with Crippen molar-refractivity contribution >= 4 is 14.0 Å². The van der Waals surface area contributed by atoms with Crippen LogP contribution in [0.15, 0.2) is 17.3 Å². The molecule has 3 aliphatic rings. The molecule has 2 aliphatic carbocycles. The van der Waals surface area contributed by atoms with Gasteiger partial charge in [0.15, 0.2) is 14.4 Å². The van der Waals surface area contributed by atoms with Crippen LogP contribution in [0, 0.1) is 11.8 Å². The highest BCUT2D eigenvalue weighted by Gasteiger charge is 2.48. The molecule has 0 aromatic rings. The SMILES string of the molecule is CC(C)(C)[Si](C)(C)OC1CC=C[C@H]2ON=C3CCC[C@@H]1[C@H]32. The van der Waals surface area contributed by atoms with E-state index < -0.39 is 8.32 Å². The summed E-state index contributed by atoms with van der Waals surface area (Å²) in [6.45, 7) is 11.7. The average Bonchev–Trinajstić information content (AvgIpc) is 2.71. The van der Waals surface area contributed by atoms with E-state index in [1.54, 1.807) is 0 Å². The van der Waals surface area contributed by atoms with E-state index in [9.17, 15) is 0 Å². The van der Waals surface area contributed by atoms with E-state index in [-0.39, 0.29) is 11.1 Å². The summed E-state index contributed by atoms with van der Waals surface area (Å²) in [5.74, 6) is 1.04. The molecule has 0 amide bonds. The lowest BCUT2D eigenvalue weighted by Crippen LogP contribution is -2.48. The molecule has 1 unspecified atom stereocenters. The molecule has 0 radical (unpaired) electrons. The van der Waals surface area contributed by atoms with Crippen molar-refractivity contribution in [2.24, 2.45) is 17.0 Å². The fourth-order valence-electron chi connectivity index (χ4n) is 3.63. The van der Waals surface area contributed by atoms with Crippen LogP contribution in [0.3, 0.4) is 0 Å². The lowest BCUT2D eigenvalue weighted by molar-refractivity contribution is 0.0409. The predicted molar refractivity (Wildman–Crippen MR) is 89.0 cm³/mol. The Morgan fingerprint density at radius 3 is 2.81 bits per heavy atom. The summed E-state index contributed by atoms with van der Waals surface area (Å²) >= 11 is 0. The van der Waals surface area contributed by atoms with Gasteiger partial charge in [-0.1, -0.05) is 32.0 Å². The van der Waals surface area contributed by atoms with E-state index in [2.05, 4.69) is 51.2 Å². The summed E-state index contributed by atoms with van der Waals surface area (Å²) < 4.78 is 6.79. The minimum Gasteiger partial charge on any atom is -0.413 e. The molecule has 3 rings (SSSR count). The van der Waals surface area contributed by atoms with Crippen LogP contribution in [0.4, 0.5) is 0 Å². The Morgan fingerprint density at radius 2 is 2.10 bits per heavy atom. The fourth-order valence-corrected chi connectivity index (χ4v) is 5.01. The largest absolute Gasteiger partial charge is 0.413 e. The van der Waals surface area contributed by atoms with Gasteiger partial charge in [0, 0.05) is 5.92 Å². The van der Waals surface area contributed by atoms with Gasteiger partial charge in [0.05, 0.1) is 11.8 Å². The van der Waals surface area contributed by atoms with Crippen molar-refractivity contribution in [2.45, 2.75) is 76.8 Å². The topological polar surface area (TPSA) is 30.8 Å². The van der Waals surface area contributed by atoms with Crippen molar-refractivity contribution in [3.63, 3.8) is 0 Å². The third-order valence-corrected chi connectivity index (χ3v) is 10.4. The van der Waals surface area contributed by atoms with E-state index in [1.165, 1.54) is 18.6 Å². The minimum atomic E-state index is -1.73. The van der Waals surface area contributed by atoms with Crippen molar-refractivity contribution in [2.75, 3.05) is 0 Å². The van der Waals surface area contributed by atoms with Gasteiger partial charge in [0.2, 0.25) is 0 Å². The second kappa shape index (κ2) is 5.23. The van der Waals surface area contributed by atoms with E-state index in [0.29, 0.717) is 17.9 Å². The van der Waals surface area contributed by atoms with Gasteiger partial charge in [0.1, 0.15) is 0 Å². The number of hydrogen-bond acceptors (Lipinski definition) is 3. The molecule has 1 heterocycles. The summed E-state index contributed by atoms with van der Waals surface area (Å²) in [6, 6.07) is 0. The predicted octanol–water partition coefficient (Wildman–Crippen LogP) is 4.51. The number of nitrogens with zero attached hydrogens (tertiary/aromatic N) is 1. The Kier molecular flexibility index (Phi) is 3.81. The lowest BCUT2D eigenvalue weighted by atomic mass is 9.73. The molecule has 0 spiro atoms. The molecule has 0 N–H and O–H groups in total. The quantitative estimate of drug-likeness (QED) is 0.555. The number of rotatable bonds is 2. The van der Waals surface area contributed by atoms with Crippen LogP contribution in [0.2, 0.25) is 18.1 Å². The van der Waals surface area contributed by atoms with Gasteiger partial charge in [-0.2, -0.15) is 0 Å². The summed E-state index contributed by atoms with van der Waals surface area (Å²) in [6.07, 6.45) is 9.60. The molecule has 0 aromatic carbocycles. The second-order valence-electron chi connectivity index (χ2n) is 8.31. The van der Waals surface area contributed by atoms with Gasteiger partial charge < -0.3 is 9.26 Å². The third kappa shape index (κ3) is 2.72. The highest BCUT2D eigenvalue weighted by molar-refractivity contribution is 6.74. The molecule has 0 saturated heterocycles. The zero-order valence-electron chi connectivity index (χ0n) is 14.1. The number of oxime groups is 1. The molecule has 118 valence electrons. The van der Waals surface area contributed by atoms with Gasteiger partial charge in [-0.05, 0) is 55.8 Å². The van der Waals surface area contributed by atoms with Crippen molar-refractivity contribution < 1.29 is 9.26 Å². The van der Waals surface area contributed by atoms with E-state index in [1.807, 2.05) is 0 Å². The maximum Gasteiger partial charge on any atom is 0.192 e. The molecule has 21 heavy (non-hydrogen) atoms. The average molecular weight is 308 g/mol. The second-order valence-corrected chi connectivity index (χ2v) is 13.1. The summed E-state index contributed by atoms with van der Waals surface area (Å²) in [4.78, 5) is 5.65. The molecular weight excluding hydrogens is 278 g/mol. The van der Waals surface area contributed by atoms with Crippen LogP contribution in [-0.2, 0) is 9.26 Å². The Balaban J connectivity index is 1.82. The number of hydrogen-bond donors (Lipinski definition) is 0. The lowest BCUT2D eigenvalue weighted by Gasteiger charge is -2.43. The highest BCUT2D eigenvalue weighted by atomic mass is 28.4. The smallest absolute Gasteiger partial charge is 0.192 e. The van der Waals surface area contributed by atoms with Crippen LogP contribution in [0.5, 0.6) is 0 Å². The summed E-state index contributed by atoms with van der Waals surface area (Å²) in [5, 5.41) is 4.61. The van der Waals surface area contributed by atoms with E-state index in [4.69, 9.17) is 9.26 Å². The van der Waals surface area contributed by atoms with Crippen molar-refractivity contribution in [3.8, 4) is 0 Å². The molecule has 1 aliphatic heterocycles. The first-order valence-electron chi connectivity index (χ1n) is 8.37. The highest BCUT2D eigenvalue weighted by Crippen LogP contribution is 2.45. The van der Waals surface area contributed by atoms with Crippen LogP contribution in [0.1, 0.15) is 46.5 Å².